The fourth-order valence-electron chi connectivity index (χ4n) is 2.76. The van der Waals surface area contributed by atoms with Crippen molar-refractivity contribution in [3.8, 4) is 23.1 Å². The molecule has 0 saturated carbocycles. The number of aromatic nitrogens is 1. The van der Waals surface area contributed by atoms with E-state index in [1.165, 1.54) is 13.3 Å². The summed E-state index contributed by atoms with van der Waals surface area (Å²) < 4.78 is 10.7. The number of methoxy groups -OCH3 is 1. The van der Waals surface area contributed by atoms with E-state index in [9.17, 15) is 5.11 Å². The Morgan fingerprint density at radius 3 is 2.70 bits per heavy atom. The first-order chi connectivity index (χ1) is 13.1. The van der Waals surface area contributed by atoms with Gasteiger partial charge >= 0.3 is 5.95 Å². The van der Waals surface area contributed by atoms with Crippen LogP contribution in [0.2, 0.25) is 5.02 Å². The zero-order valence-corrected chi connectivity index (χ0v) is 15.1. The lowest BCUT2D eigenvalue weighted by Gasteiger charge is -2.04. The van der Waals surface area contributed by atoms with Gasteiger partial charge < -0.3 is 14.3 Å². The van der Waals surface area contributed by atoms with E-state index in [-0.39, 0.29) is 17.5 Å². The molecule has 0 unspecified atom stereocenters. The van der Waals surface area contributed by atoms with Crippen LogP contribution in [0.1, 0.15) is 5.69 Å². The Morgan fingerprint density at radius 1 is 1.07 bits per heavy atom. The Balaban J connectivity index is 1.67. The van der Waals surface area contributed by atoms with Crippen molar-refractivity contribution < 1.29 is 14.3 Å². The number of aliphatic imine (C=N–C) groups is 1. The number of rotatable bonds is 4. The van der Waals surface area contributed by atoms with Crippen LogP contribution in [0.5, 0.6) is 11.7 Å². The monoisotopic (exact) mass is 378 g/mol. The Hall–Kier alpha value is -3.31. The van der Waals surface area contributed by atoms with Crippen molar-refractivity contribution in [1.82, 2.24) is 4.98 Å². The van der Waals surface area contributed by atoms with Gasteiger partial charge in [-0.25, -0.2) is 4.98 Å². The summed E-state index contributed by atoms with van der Waals surface area (Å²) in [5.41, 5.74) is 1.52. The van der Waals surface area contributed by atoms with Crippen molar-refractivity contribution in [2.24, 2.45) is 4.99 Å². The Kier molecular flexibility index (Phi) is 4.52. The lowest BCUT2D eigenvalue weighted by atomic mass is 10.1. The molecule has 1 aromatic heterocycles. The van der Waals surface area contributed by atoms with Crippen molar-refractivity contribution in [2.45, 2.75) is 0 Å². The molecule has 27 heavy (non-hydrogen) atoms. The van der Waals surface area contributed by atoms with Crippen LogP contribution in [0.25, 0.3) is 22.2 Å². The fraction of sp³-hybridized carbons (Fsp3) is 0.0476. The average Bonchev–Trinajstić information content (AvgIpc) is 3.06. The molecule has 1 heterocycles. The molecular formula is C21H15ClN2O3. The largest absolute Gasteiger partial charge is 0.496 e. The minimum absolute atomic E-state index is 0.201. The highest BCUT2D eigenvalue weighted by molar-refractivity contribution is 6.30. The number of aromatic hydroxyl groups is 1. The predicted molar refractivity (Wildman–Crippen MR) is 106 cm³/mol. The normalized spacial score (nSPS) is 11.3. The smallest absolute Gasteiger partial charge is 0.312 e. The molecule has 0 aliphatic rings. The standard InChI is InChI=1S/C21H15ClN2O3/c1-26-19-9-7-15(22)11-17(19)20-24-18(21(25)27-20)12-23-16-8-6-13-4-2-3-5-14(13)10-16/h2-12,25H,1H3. The molecule has 0 saturated heterocycles. The minimum atomic E-state index is -0.323. The summed E-state index contributed by atoms with van der Waals surface area (Å²) in [6.07, 6.45) is 1.46. The number of hydrogen-bond donors (Lipinski definition) is 1. The maximum Gasteiger partial charge on any atom is 0.312 e. The Labute approximate surface area is 160 Å². The van der Waals surface area contributed by atoms with Gasteiger partial charge in [-0.05, 0) is 41.1 Å². The van der Waals surface area contributed by atoms with Crippen molar-refractivity contribution in [1.29, 1.82) is 0 Å². The second-order valence-corrected chi connectivity index (χ2v) is 6.28. The van der Waals surface area contributed by atoms with E-state index in [4.69, 9.17) is 20.8 Å². The first kappa shape index (κ1) is 17.1. The second-order valence-electron chi connectivity index (χ2n) is 5.84. The molecule has 1 N–H and O–H groups in total. The van der Waals surface area contributed by atoms with Gasteiger partial charge in [-0.15, -0.1) is 0 Å². The summed E-state index contributed by atoms with van der Waals surface area (Å²) in [7, 11) is 1.54. The minimum Gasteiger partial charge on any atom is -0.496 e. The van der Waals surface area contributed by atoms with Crippen molar-refractivity contribution in [2.75, 3.05) is 7.11 Å². The summed E-state index contributed by atoms with van der Waals surface area (Å²) in [5, 5.41) is 12.8. The molecule has 6 heteroatoms. The van der Waals surface area contributed by atoms with Crippen LogP contribution in [-0.4, -0.2) is 23.4 Å². The highest BCUT2D eigenvalue weighted by Gasteiger charge is 2.16. The SMILES string of the molecule is COc1ccc(Cl)cc1-c1nc(C=Nc2ccc3ccccc3c2)c(O)o1. The molecule has 134 valence electrons. The maximum atomic E-state index is 10.1. The number of nitrogens with zero attached hydrogens (tertiary/aromatic N) is 2. The quantitative estimate of drug-likeness (QED) is 0.468. The van der Waals surface area contributed by atoms with Crippen LogP contribution >= 0.6 is 11.6 Å². The number of ether oxygens (including phenoxy) is 1. The van der Waals surface area contributed by atoms with E-state index in [0.717, 1.165) is 16.5 Å². The number of fused-ring (bicyclic) bond motifs is 1. The van der Waals surface area contributed by atoms with E-state index < -0.39 is 0 Å². The van der Waals surface area contributed by atoms with E-state index in [2.05, 4.69) is 9.98 Å². The lowest BCUT2D eigenvalue weighted by molar-refractivity contribution is 0.336. The van der Waals surface area contributed by atoms with Crippen molar-refractivity contribution >= 4 is 34.3 Å². The molecule has 0 amide bonds. The molecule has 0 aliphatic heterocycles. The first-order valence-electron chi connectivity index (χ1n) is 8.20. The van der Waals surface area contributed by atoms with Crippen molar-refractivity contribution in [3.05, 3.63) is 71.4 Å². The van der Waals surface area contributed by atoms with Crippen LogP contribution in [0.4, 0.5) is 5.69 Å². The first-order valence-corrected chi connectivity index (χ1v) is 8.58. The van der Waals surface area contributed by atoms with Gasteiger partial charge in [0, 0.05) is 5.02 Å². The summed E-state index contributed by atoms with van der Waals surface area (Å²) >= 11 is 6.05. The number of oxazole rings is 1. The molecule has 4 rings (SSSR count). The van der Waals surface area contributed by atoms with E-state index in [1.807, 2.05) is 42.5 Å². The molecule has 0 fully saturated rings. The molecular weight excluding hydrogens is 364 g/mol. The zero-order chi connectivity index (χ0) is 18.8. The summed E-state index contributed by atoms with van der Waals surface area (Å²) in [5.74, 6) is 0.419. The second kappa shape index (κ2) is 7.13. The van der Waals surface area contributed by atoms with Crippen LogP contribution in [0.3, 0.4) is 0 Å². The van der Waals surface area contributed by atoms with Gasteiger partial charge in [0.2, 0.25) is 5.89 Å². The molecule has 0 spiro atoms. The summed E-state index contributed by atoms with van der Waals surface area (Å²) in [6.45, 7) is 0. The van der Waals surface area contributed by atoms with E-state index in [0.29, 0.717) is 16.3 Å². The van der Waals surface area contributed by atoms with Gasteiger partial charge in [-0.1, -0.05) is 41.9 Å². The topological polar surface area (TPSA) is 67.9 Å². The molecule has 4 aromatic rings. The summed E-state index contributed by atoms with van der Waals surface area (Å²) in [6, 6.07) is 19.0. The van der Waals surface area contributed by atoms with Gasteiger partial charge in [0.15, 0.2) is 5.69 Å². The molecule has 5 nitrogen and oxygen atoms in total. The number of halogens is 1. The molecule has 0 radical (unpaired) electrons. The van der Waals surface area contributed by atoms with Crippen molar-refractivity contribution in [3.63, 3.8) is 0 Å². The highest BCUT2D eigenvalue weighted by atomic mass is 35.5. The van der Waals surface area contributed by atoms with Gasteiger partial charge in [0.25, 0.3) is 0 Å². The molecule has 0 aliphatic carbocycles. The van der Waals surface area contributed by atoms with Crippen LogP contribution in [0.15, 0.2) is 70.1 Å². The van der Waals surface area contributed by atoms with Crippen LogP contribution < -0.4 is 4.74 Å². The highest BCUT2D eigenvalue weighted by Crippen LogP contribution is 2.34. The van der Waals surface area contributed by atoms with Gasteiger partial charge in [-0.2, -0.15) is 0 Å². The Bertz CT molecular complexity index is 1150. The maximum absolute atomic E-state index is 10.1. The van der Waals surface area contributed by atoms with E-state index >= 15 is 0 Å². The number of hydrogen-bond acceptors (Lipinski definition) is 5. The third-order valence-corrected chi connectivity index (χ3v) is 4.33. The molecule has 0 bridgehead atoms. The molecule has 3 aromatic carbocycles. The van der Waals surface area contributed by atoms with E-state index in [1.54, 1.807) is 18.2 Å². The summed E-state index contributed by atoms with van der Waals surface area (Å²) in [4.78, 5) is 8.69. The fourth-order valence-corrected chi connectivity index (χ4v) is 2.94. The lowest BCUT2D eigenvalue weighted by Crippen LogP contribution is -1.88. The van der Waals surface area contributed by atoms with Gasteiger partial charge in [0.1, 0.15) is 5.75 Å². The molecule has 0 atom stereocenters. The zero-order valence-electron chi connectivity index (χ0n) is 14.4. The third kappa shape index (κ3) is 3.50. The van der Waals surface area contributed by atoms with Gasteiger partial charge in [-0.3, -0.25) is 4.99 Å². The van der Waals surface area contributed by atoms with Gasteiger partial charge in [0.05, 0.1) is 24.6 Å². The number of benzene rings is 3. The van der Waals surface area contributed by atoms with Crippen LogP contribution in [-0.2, 0) is 0 Å². The third-order valence-electron chi connectivity index (χ3n) is 4.10. The predicted octanol–water partition coefficient (Wildman–Crippen LogP) is 5.61. The van der Waals surface area contributed by atoms with Crippen LogP contribution in [0, 0.1) is 0 Å². The Morgan fingerprint density at radius 2 is 1.89 bits per heavy atom. The average molecular weight is 379 g/mol.